The molecule has 8 aromatic heterocycles. The van der Waals surface area contributed by atoms with Crippen LogP contribution in [0.25, 0.3) is 224 Å². The van der Waals surface area contributed by atoms with Gasteiger partial charge in [-0.25, -0.2) is 19.8 Å². The van der Waals surface area contributed by atoms with Crippen molar-refractivity contribution in [2.24, 2.45) is 0 Å². The van der Waals surface area contributed by atoms with Crippen molar-refractivity contribution in [3.05, 3.63) is 369 Å². The molecule has 0 aliphatic carbocycles. The maximum atomic E-state index is 7.61. The van der Waals surface area contributed by atoms with Crippen LogP contribution in [0.2, 0.25) is 0 Å². The van der Waals surface area contributed by atoms with E-state index in [-0.39, 0.29) is 0 Å². The largest absolute Gasteiger partial charge is 0.437 e. The van der Waals surface area contributed by atoms with Gasteiger partial charge in [0.2, 0.25) is 17.6 Å². The minimum absolute atomic E-state index is 0.510. The molecule has 0 aliphatic heterocycles. The molecule has 0 saturated carbocycles. The Labute approximate surface area is 643 Å². The van der Waals surface area contributed by atoms with Crippen LogP contribution < -0.4 is 0 Å². The molecule has 0 bridgehead atoms. The molecule has 24 rings (SSSR count). The summed E-state index contributed by atoms with van der Waals surface area (Å²) in [6, 6.07) is 127. The molecular weight excluding hydrogens is 1390 g/mol. The summed E-state index contributed by atoms with van der Waals surface area (Å²) in [7, 11) is 0. The lowest BCUT2D eigenvalue weighted by atomic mass is 10.00. The molecule has 0 saturated heterocycles. The van der Waals surface area contributed by atoms with E-state index in [9.17, 15) is 0 Å². The van der Waals surface area contributed by atoms with Crippen LogP contribution in [-0.2, 0) is 0 Å². The Kier molecular flexibility index (Phi) is 14.1. The van der Waals surface area contributed by atoms with Crippen molar-refractivity contribution in [3.63, 3.8) is 0 Å². The second kappa shape index (κ2) is 25.0. The highest BCUT2D eigenvalue weighted by Gasteiger charge is 2.26. The number of fused-ring (bicyclic) bond motifs is 20. The fourth-order valence-corrected chi connectivity index (χ4v) is 18.4. The predicted molar refractivity (Wildman–Crippen MR) is 465 cm³/mol. The van der Waals surface area contributed by atoms with Gasteiger partial charge in [-0.15, -0.1) is 11.3 Å². The lowest BCUT2D eigenvalue weighted by Gasteiger charge is -2.12. The van der Waals surface area contributed by atoms with E-state index in [1.165, 1.54) is 64.4 Å². The molecule has 8 heterocycles. The standard InChI is InChI=1S/C51H29N5O.C50H30N4S/c1-52-36-15-11-14-31(26-36)34-23-25-47-42(28-34)48-49(35-22-24-45-40(29-35)38-18-7-9-20-43(38)55(45)37-16-3-2-4-17-37)53-51(54-50(48)57-47)56-44-21-10-8-19-39(44)41-27-32-12-5-6-13-33(32)30-46(41)56;1-3-13-31(14-4-1)34-24-26-46-41(28-34)47-48(35-23-25-44-39(29-35)37-19-9-11-21-42(37)53(44)36-17-5-2-6-18-36)51-50(52-49(47)55-46)54-43-22-12-10-20-38(43)40-27-32-15-7-8-16-33(32)30-45(40)54/h2-30H;1-30H. The Balaban J connectivity index is 0.000000134. The summed E-state index contributed by atoms with van der Waals surface area (Å²) in [4.78, 5) is 26.5. The summed E-state index contributed by atoms with van der Waals surface area (Å²) < 4.78 is 17.0. The smallest absolute Gasteiger partial charge is 0.238 e. The highest BCUT2D eigenvalue weighted by molar-refractivity contribution is 7.25. The molecule has 0 amide bonds. The number of thiophene rings is 1. The number of hydrogen-bond donors (Lipinski definition) is 0. The average molecular weight is 1450 g/mol. The van der Waals surface area contributed by atoms with Gasteiger partial charge in [0, 0.05) is 86.5 Å². The van der Waals surface area contributed by atoms with Crippen LogP contribution in [0, 0.1) is 6.57 Å². The van der Waals surface area contributed by atoms with Crippen LogP contribution >= 0.6 is 11.3 Å². The van der Waals surface area contributed by atoms with Gasteiger partial charge in [0.15, 0.2) is 5.69 Å². The Morgan fingerprint density at radius 3 is 1.21 bits per heavy atom. The highest BCUT2D eigenvalue weighted by Crippen LogP contribution is 2.47. The predicted octanol–water partition coefficient (Wildman–Crippen LogP) is 27.1. The van der Waals surface area contributed by atoms with Gasteiger partial charge in [0.05, 0.1) is 67.5 Å². The van der Waals surface area contributed by atoms with Crippen molar-refractivity contribution in [2.45, 2.75) is 0 Å². The van der Waals surface area contributed by atoms with Crippen molar-refractivity contribution in [1.82, 2.24) is 38.2 Å². The van der Waals surface area contributed by atoms with Crippen LogP contribution in [0.15, 0.2) is 362 Å². The number of benzene rings is 16. The fourth-order valence-electron chi connectivity index (χ4n) is 17.4. The van der Waals surface area contributed by atoms with Gasteiger partial charge in [-0.05, 0) is 171 Å². The number of hydrogen-bond acceptors (Lipinski definition) is 6. The van der Waals surface area contributed by atoms with Crippen molar-refractivity contribution in [3.8, 4) is 68.0 Å². The molecule has 10 nitrogen and oxygen atoms in total. The van der Waals surface area contributed by atoms with E-state index < -0.39 is 0 Å². The van der Waals surface area contributed by atoms with Crippen molar-refractivity contribution < 1.29 is 4.42 Å². The summed E-state index contributed by atoms with van der Waals surface area (Å²) in [5.41, 5.74) is 21.0. The van der Waals surface area contributed by atoms with E-state index in [0.717, 1.165) is 137 Å². The molecule has 0 aliphatic rings. The van der Waals surface area contributed by atoms with E-state index in [1.54, 1.807) is 11.3 Å². The molecule has 16 aromatic carbocycles. The number of rotatable bonds is 8. The van der Waals surface area contributed by atoms with Crippen LogP contribution in [0.3, 0.4) is 0 Å². The monoisotopic (exact) mass is 1450 g/mol. The van der Waals surface area contributed by atoms with Gasteiger partial charge in [-0.2, -0.15) is 4.98 Å². The van der Waals surface area contributed by atoms with Gasteiger partial charge >= 0.3 is 0 Å². The number of furan rings is 1. The first-order valence-electron chi connectivity index (χ1n) is 37.5. The third-order valence-electron chi connectivity index (χ3n) is 22.5. The Bertz CT molecular complexity index is 8100. The van der Waals surface area contributed by atoms with E-state index in [2.05, 4.69) is 345 Å². The summed E-state index contributed by atoms with van der Waals surface area (Å²) in [5.74, 6) is 1.21. The van der Waals surface area contributed by atoms with Crippen LogP contribution in [0.4, 0.5) is 5.69 Å². The van der Waals surface area contributed by atoms with E-state index in [1.807, 2.05) is 36.4 Å². The third kappa shape index (κ3) is 9.89. The zero-order chi connectivity index (χ0) is 73.6. The first kappa shape index (κ1) is 63.0. The lowest BCUT2D eigenvalue weighted by Crippen LogP contribution is -2.03. The number of aromatic nitrogens is 8. The molecule has 0 unspecified atom stereocenters. The SMILES string of the molecule is [C-]#[N+]c1cccc(-c2ccc3oc4nc(-n5c6ccccc6c6cc7ccccc7cc65)nc(-c5ccc6c(c5)c5ccccc5n6-c5ccccc5)c4c3c2)c1.c1ccc(-c2ccc3sc4nc(-n5c6ccccc6c6cc7ccccc7cc65)nc(-c5ccc6c(c5)c5ccccc5n6-c5ccccc5)c4c3c2)cc1. The van der Waals surface area contributed by atoms with Crippen molar-refractivity contribution >= 4 is 168 Å². The van der Waals surface area contributed by atoms with Crippen LogP contribution in [-0.4, -0.2) is 38.2 Å². The summed E-state index contributed by atoms with van der Waals surface area (Å²) in [6.07, 6.45) is 0. The molecule has 0 spiro atoms. The molecule has 0 fully saturated rings. The maximum absolute atomic E-state index is 7.61. The maximum Gasteiger partial charge on any atom is 0.238 e. The molecule has 0 N–H and O–H groups in total. The van der Waals surface area contributed by atoms with Gasteiger partial charge in [-0.3, -0.25) is 9.13 Å². The average Bonchev–Trinajstić information content (AvgIpc) is 1.56. The summed E-state index contributed by atoms with van der Waals surface area (Å²) in [5, 5.41) is 18.1. The summed E-state index contributed by atoms with van der Waals surface area (Å²) >= 11 is 1.74. The van der Waals surface area contributed by atoms with E-state index in [4.69, 9.17) is 30.9 Å². The minimum Gasteiger partial charge on any atom is -0.437 e. The fraction of sp³-hybridized carbons (Fsp3) is 0. The molecule has 0 atom stereocenters. The zero-order valence-corrected chi connectivity index (χ0v) is 60.7. The Hall–Kier alpha value is -15.1. The number of para-hydroxylation sites is 6. The second-order valence-electron chi connectivity index (χ2n) is 28.7. The topological polar surface area (TPSA) is 88.8 Å². The molecule has 520 valence electrons. The second-order valence-corrected chi connectivity index (χ2v) is 29.8. The molecule has 11 heteroatoms. The number of nitrogens with zero attached hydrogens (tertiary/aromatic N) is 9. The Morgan fingerprint density at radius 1 is 0.268 bits per heavy atom. The Morgan fingerprint density at radius 2 is 0.670 bits per heavy atom. The lowest BCUT2D eigenvalue weighted by molar-refractivity contribution is 0.651. The molecule has 112 heavy (non-hydrogen) atoms. The van der Waals surface area contributed by atoms with Gasteiger partial charge in [0.25, 0.3) is 0 Å². The zero-order valence-electron chi connectivity index (χ0n) is 59.9. The third-order valence-corrected chi connectivity index (χ3v) is 23.5. The van der Waals surface area contributed by atoms with Gasteiger partial charge < -0.3 is 13.6 Å². The summed E-state index contributed by atoms with van der Waals surface area (Å²) in [6.45, 7) is 7.61. The quantitative estimate of drug-likeness (QED) is 0.141. The highest BCUT2D eigenvalue weighted by atomic mass is 32.1. The molecule has 24 aromatic rings. The van der Waals surface area contributed by atoms with E-state index >= 15 is 0 Å². The van der Waals surface area contributed by atoms with Gasteiger partial charge in [0.1, 0.15) is 10.4 Å². The minimum atomic E-state index is 0.510. The van der Waals surface area contributed by atoms with E-state index in [0.29, 0.717) is 23.3 Å². The van der Waals surface area contributed by atoms with Crippen molar-refractivity contribution in [2.75, 3.05) is 0 Å². The normalized spacial score (nSPS) is 11.9. The van der Waals surface area contributed by atoms with Gasteiger partial charge in [-0.1, -0.05) is 231 Å². The van der Waals surface area contributed by atoms with Crippen LogP contribution in [0.1, 0.15) is 0 Å². The van der Waals surface area contributed by atoms with Crippen molar-refractivity contribution in [1.29, 1.82) is 0 Å². The van der Waals surface area contributed by atoms with Crippen LogP contribution in [0.5, 0.6) is 0 Å². The molecular formula is C101H59N9OS. The first-order chi connectivity index (χ1) is 55.5. The molecule has 0 radical (unpaired) electrons. The first-order valence-corrected chi connectivity index (χ1v) is 38.3.